The molecule has 18 heavy (non-hydrogen) atoms. The van der Waals surface area contributed by atoms with E-state index in [0.717, 1.165) is 11.1 Å². The maximum atomic E-state index is 11.4. The van der Waals surface area contributed by atoms with E-state index in [0.29, 0.717) is 10.6 Å². The first-order valence-electron chi connectivity index (χ1n) is 5.56. The molecule has 0 bridgehead atoms. The third kappa shape index (κ3) is 2.54. The number of carbonyl (C=O) groups is 1. The minimum absolute atomic E-state index is 0.384. The molecular weight excluding hydrogens is 248 g/mol. The number of rotatable bonds is 2. The molecule has 0 aromatic heterocycles. The van der Waals surface area contributed by atoms with Crippen molar-refractivity contribution >= 4 is 17.6 Å². The molecule has 0 spiro atoms. The number of carbonyl (C=O) groups excluding carboxylic acids is 1. The third-order valence-corrected chi connectivity index (χ3v) is 3.07. The van der Waals surface area contributed by atoms with Crippen LogP contribution < -0.4 is 0 Å². The lowest BCUT2D eigenvalue weighted by atomic mass is 10.0. The second-order valence-corrected chi connectivity index (χ2v) is 4.46. The Morgan fingerprint density at radius 3 is 2.22 bits per heavy atom. The van der Waals surface area contributed by atoms with Crippen LogP contribution in [0.3, 0.4) is 0 Å². The molecule has 2 aromatic rings. The Morgan fingerprint density at radius 2 is 1.67 bits per heavy atom. The molecule has 0 saturated heterocycles. The van der Waals surface area contributed by atoms with Gasteiger partial charge in [-0.1, -0.05) is 47.5 Å². The number of aryl methyl sites for hydroxylation is 1. The predicted octanol–water partition coefficient (Wildman–Crippen LogP) is 4.10. The summed E-state index contributed by atoms with van der Waals surface area (Å²) < 4.78 is 4.66. The van der Waals surface area contributed by atoms with Gasteiger partial charge in [0, 0.05) is 0 Å². The zero-order valence-electron chi connectivity index (χ0n) is 10.2. The van der Waals surface area contributed by atoms with Crippen LogP contribution in [0, 0.1) is 6.92 Å². The largest absolute Gasteiger partial charge is 0.465 e. The highest BCUT2D eigenvalue weighted by molar-refractivity contribution is 6.33. The van der Waals surface area contributed by atoms with Gasteiger partial charge in [0.25, 0.3) is 0 Å². The van der Waals surface area contributed by atoms with Gasteiger partial charge in [-0.25, -0.2) is 4.79 Å². The van der Waals surface area contributed by atoms with Crippen LogP contribution >= 0.6 is 11.6 Å². The lowest BCUT2D eigenvalue weighted by Gasteiger charge is -2.06. The van der Waals surface area contributed by atoms with E-state index in [1.807, 2.05) is 37.3 Å². The summed E-state index contributed by atoms with van der Waals surface area (Å²) in [6.45, 7) is 2.04. The van der Waals surface area contributed by atoms with Crippen LogP contribution in [-0.2, 0) is 4.74 Å². The van der Waals surface area contributed by atoms with Crippen molar-refractivity contribution in [3.8, 4) is 11.1 Å². The summed E-state index contributed by atoms with van der Waals surface area (Å²) in [6.07, 6.45) is 0. The van der Waals surface area contributed by atoms with Gasteiger partial charge in [0.2, 0.25) is 0 Å². The van der Waals surface area contributed by atoms with E-state index in [2.05, 4.69) is 4.74 Å². The molecule has 0 aliphatic carbocycles. The van der Waals surface area contributed by atoms with Gasteiger partial charge in [-0.3, -0.25) is 0 Å². The SMILES string of the molecule is COC(=O)c1ccc(-c2ccc(C)cc2)cc1Cl. The van der Waals surface area contributed by atoms with E-state index in [1.165, 1.54) is 12.7 Å². The standard InChI is InChI=1S/C15H13ClO2/c1-10-3-5-11(6-4-10)12-7-8-13(14(16)9-12)15(17)18-2/h3-9H,1-2H3. The molecule has 2 nitrogen and oxygen atoms in total. The highest BCUT2D eigenvalue weighted by Crippen LogP contribution is 2.26. The topological polar surface area (TPSA) is 26.3 Å². The van der Waals surface area contributed by atoms with E-state index in [9.17, 15) is 4.79 Å². The van der Waals surface area contributed by atoms with Crippen molar-refractivity contribution in [3.63, 3.8) is 0 Å². The van der Waals surface area contributed by atoms with Gasteiger partial charge in [-0.2, -0.15) is 0 Å². The molecule has 0 amide bonds. The third-order valence-electron chi connectivity index (χ3n) is 2.76. The maximum Gasteiger partial charge on any atom is 0.339 e. The van der Waals surface area contributed by atoms with Gasteiger partial charge in [-0.05, 0) is 30.2 Å². The maximum absolute atomic E-state index is 11.4. The molecular formula is C15H13ClO2. The highest BCUT2D eigenvalue weighted by atomic mass is 35.5. The molecule has 0 heterocycles. The quantitative estimate of drug-likeness (QED) is 0.760. The molecule has 0 saturated carbocycles. The van der Waals surface area contributed by atoms with E-state index in [4.69, 9.17) is 11.6 Å². The lowest BCUT2D eigenvalue weighted by molar-refractivity contribution is 0.0601. The Balaban J connectivity index is 2.40. The van der Waals surface area contributed by atoms with Gasteiger partial charge < -0.3 is 4.74 Å². The zero-order chi connectivity index (χ0) is 13.1. The Morgan fingerprint density at radius 1 is 1.06 bits per heavy atom. The Kier molecular flexibility index (Phi) is 3.68. The van der Waals surface area contributed by atoms with Crippen LogP contribution in [0.2, 0.25) is 5.02 Å². The number of hydrogen-bond acceptors (Lipinski definition) is 2. The van der Waals surface area contributed by atoms with Crippen molar-refractivity contribution in [1.29, 1.82) is 0 Å². The fourth-order valence-electron chi connectivity index (χ4n) is 1.72. The van der Waals surface area contributed by atoms with Gasteiger partial charge in [0.05, 0.1) is 17.7 Å². The molecule has 0 fully saturated rings. The molecule has 2 rings (SSSR count). The number of hydrogen-bond donors (Lipinski definition) is 0. The average Bonchev–Trinajstić information content (AvgIpc) is 2.38. The highest BCUT2D eigenvalue weighted by Gasteiger charge is 2.11. The van der Waals surface area contributed by atoms with Crippen molar-refractivity contribution in [3.05, 3.63) is 58.6 Å². The number of methoxy groups -OCH3 is 1. The van der Waals surface area contributed by atoms with E-state index < -0.39 is 5.97 Å². The molecule has 0 aliphatic heterocycles. The van der Waals surface area contributed by atoms with Crippen LogP contribution in [0.1, 0.15) is 15.9 Å². The fraction of sp³-hybridized carbons (Fsp3) is 0.133. The first kappa shape index (κ1) is 12.7. The molecule has 92 valence electrons. The summed E-state index contributed by atoms with van der Waals surface area (Å²) in [5.74, 6) is -0.421. The Bertz CT molecular complexity index is 574. The number of ether oxygens (including phenoxy) is 1. The first-order chi connectivity index (χ1) is 8.61. The molecule has 0 radical (unpaired) electrons. The summed E-state index contributed by atoms with van der Waals surface area (Å²) in [7, 11) is 1.34. The van der Waals surface area contributed by atoms with Gasteiger partial charge in [0.1, 0.15) is 0 Å². The Labute approximate surface area is 111 Å². The van der Waals surface area contributed by atoms with Crippen LogP contribution in [0.5, 0.6) is 0 Å². The first-order valence-corrected chi connectivity index (χ1v) is 5.94. The summed E-state index contributed by atoms with van der Waals surface area (Å²) in [6, 6.07) is 13.5. The number of benzene rings is 2. The van der Waals surface area contributed by atoms with Crippen LogP contribution in [-0.4, -0.2) is 13.1 Å². The van der Waals surface area contributed by atoms with Gasteiger partial charge >= 0.3 is 5.97 Å². The second-order valence-electron chi connectivity index (χ2n) is 4.05. The molecule has 0 N–H and O–H groups in total. The van der Waals surface area contributed by atoms with E-state index >= 15 is 0 Å². The van der Waals surface area contributed by atoms with Crippen molar-refractivity contribution < 1.29 is 9.53 Å². The molecule has 0 unspecified atom stereocenters. The van der Waals surface area contributed by atoms with E-state index in [1.54, 1.807) is 12.1 Å². The minimum atomic E-state index is -0.421. The van der Waals surface area contributed by atoms with Crippen molar-refractivity contribution in [2.75, 3.05) is 7.11 Å². The fourth-order valence-corrected chi connectivity index (χ4v) is 1.97. The molecule has 2 aromatic carbocycles. The zero-order valence-corrected chi connectivity index (χ0v) is 11.0. The smallest absolute Gasteiger partial charge is 0.339 e. The van der Waals surface area contributed by atoms with Crippen LogP contribution in [0.15, 0.2) is 42.5 Å². The monoisotopic (exact) mass is 260 g/mol. The lowest BCUT2D eigenvalue weighted by Crippen LogP contribution is -2.01. The molecule has 0 aliphatic rings. The van der Waals surface area contributed by atoms with Crippen molar-refractivity contribution in [2.45, 2.75) is 6.92 Å². The van der Waals surface area contributed by atoms with Crippen molar-refractivity contribution in [2.24, 2.45) is 0 Å². The van der Waals surface area contributed by atoms with Crippen LogP contribution in [0.4, 0.5) is 0 Å². The van der Waals surface area contributed by atoms with E-state index in [-0.39, 0.29) is 0 Å². The number of halogens is 1. The van der Waals surface area contributed by atoms with Crippen molar-refractivity contribution in [1.82, 2.24) is 0 Å². The second kappa shape index (κ2) is 5.23. The summed E-state index contributed by atoms with van der Waals surface area (Å²) >= 11 is 6.08. The Hall–Kier alpha value is -1.80. The van der Waals surface area contributed by atoms with Gasteiger partial charge in [-0.15, -0.1) is 0 Å². The van der Waals surface area contributed by atoms with Gasteiger partial charge in [0.15, 0.2) is 0 Å². The molecule has 3 heteroatoms. The molecule has 0 atom stereocenters. The van der Waals surface area contributed by atoms with Crippen LogP contribution in [0.25, 0.3) is 11.1 Å². The normalized spacial score (nSPS) is 10.2. The summed E-state index contributed by atoms with van der Waals surface area (Å²) in [5, 5.41) is 0.403. The minimum Gasteiger partial charge on any atom is -0.465 e. The summed E-state index contributed by atoms with van der Waals surface area (Å²) in [5.41, 5.74) is 3.64. The average molecular weight is 261 g/mol. The predicted molar refractivity (Wildman–Crippen MR) is 73.0 cm³/mol. The number of esters is 1. The summed E-state index contributed by atoms with van der Waals surface area (Å²) in [4.78, 5) is 11.4.